The van der Waals surface area contributed by atoms with Crippen molar-refractivity contribution in [1.29, 1.82) is 0 Å². The van der Waals surface area contributed by atoms with E-state index in [-0.39, 0.29) is 23.9 Å². The van der Waals surface area contributed by atoms with Crippen LogP contribution in [0.15, 0.2) is 0 Å². The van der Waals surface area contributed by atoms with Gasteiger partial charge in [0, 0.05) is 24.9 Å². The second-order valence-electron chi connectivity index (χ2n) is 3.88. The van der Waals surface area contributed by atoms with Crippen molar-refractivity contribution in [3.8, 4) is 0 Å². The predicted molar refractivity (Wildman–Crippen MR) is 46.7 cm³/mol. The molecule has 2 unspecified atom stereocenters. The van der Waals surface area contributed by atoms with Crippen LogP contribution < -0.4 is 5.73 Å². The number of likely N-dealkylation sites (tertiary alicyclic amines) is 1. The highest BCUT2D eigenvalue weighted by Crippen LogP contribution is 2.27. The van der Waals surface area contributed by atoms with Gasteiger partial charge in [-0.1, -0.05) is 0 Å². The molecule has 1 aliphatic carbocycles. The van der Waals surface area contributed by atoms with Crippen molar-refractivity contribution in [3.05, 3.63) is 0 Å². The number of nitrogens with two attached hydrogens (primary N) is 1. The van der Waals surface area contributed by atoms with Crippen molar-refractivity contribution in [1.82, 2.24) is 4.90 Å². The number of rotatable bonds is 1. The molecule has 0 aromatic rings. The van der Waals surface area contributed by atoms with Gasteiger partial charge in [-0.05, 0) is 19.3 Å². The van der Waals surface area contributed by atoms with E-state index in [9.17, 15) is 9.59 Å². The Bertz CT molecular complexity index is 236. The Kier molecular flexibility index (Phi) is 2.07. The maximum absolute atomic E-state index is 11.3. The number of hydrogen-bond donors (Lipinski definition) is 1. The number of amides is 2. The smallest absolute Gasteiger partial charge is 0.229 e. The zero-order valence-electron chi connectivity index (χ0n) is 7.53. The van der Waals surface area contributed by atoms with Crippen LogP contribution in [0.2, 0.25) is 0 Å². The lowest BCUT2D eigenvalue weighted by Crippen LogP contribution is -2.38. The fourth-order valence-corrected chi connectivity index (χ4v) is 2.23. The third-order valence-corrected chi connectivity index (χ3v) is 2.90. The predicted octanol–water partition coefficient (Wildman–Crippen LogP) is 0.0152. The first-order valence-electron chi connectivity index (χ1n) is 4.79. The van der Waals surface area contributed by atoms with E-state index in [2.05, 4.69) is 0 Å². The number of carbonyl (C=O) groups is 2. The number of carbonyl (C=O) groups excluding carboxylic acids is 2. The van der Waals surface area contributed by atoms with E-state index in [4.69, 9.17) is 5.73 Å². The standard InChI is InChI=1S/C9H14N2O2/c10-6-1-2-7(5-6)11-8(12)3-4-9(11)13/h6-7H,1-5,10H2. The first-order valence-corrected chi connectivity index (χ1v) is 4.79. The first kappa shape index (κ1) is 8.69. The lowest BCUT2D eigenvalue weighted by Gasteiger charge is -2.21. The minimum atomic E-state index is -0.0101. The van der Waals surface area contributed by atoms with Crippen molar-refractivity contribution in [2.75, 3.05) is 0 Å². The average Bonchev–Trinajstić information content (AvgIpc) is 2.60. The van der Waals surface area contributed by atoms with E-state index in [1.54, 1.807) is 0 Å². The molecule has 0 radical (unpaired) electrons. The van der Waals surface area contributed by atoms with Crippen LogP contribution >= 0.6 is 0 Å². The highest BCUT2D eigenvalue weighted by molar-refractivity contribution is 6.02. The van der Waals surface area contributed by atoms with E-state index in [0.29, 0.717) is 12.8 Å². The van der Waals surface area contributed by atoms with Crippen LogP contribution in [0.3, 0.4) is 0 Å². The molecule has 72 valence electrons. The fraction of sp³-hybridized carbons (Fsp3) is 0.778. The van der Waals surface area contributed by atoms with Crippen LogP contribution in [0.4, 0.5) is 0 Å². The molecule has 2 amide bonds. The SMILES string of the molecule is NC1CCC(N2C(=O)CCC2=O)C1. The molecule has 0 aromatic heterocycles. The third-order valence-electron chi connectivity index (χ3n) is 2.90. The van der Waals surface area contributed by atoms with E-state index >= 15 is 0 Å². The molecule has 2 aliphatic rings. The molecular weight excluding hydrogens is 168 g/mol. The molecule has 1 saturated carbocycles. The molecule has 1 heterocycles. The van der Waals surface area contributed by atoms with E-state index in [1.807, 2.05) is 0 Å². The summed E-state index contributed by atoms with van der Waals surface area (Å²) in [5.74, 6) is -0.0202. The Morgan fingerprint density at radius 1 is 1.15 bits per heavy atom. The lowest BCUT2D eigenvalue weighted by molar-refractivity contribution is -0.140. The second kappa shape index (κ2) is 3.10. The van der Waals surface area contributed by atoms with Gasteiger partial charge in [0.25, 0.3) is 0 Å². The van der Waals surface area contributed by atoms with Crippen molar-refractivity contribution >= 4 is 11.8 Å². The van der Waals surface area contributed by atoms with Crippen LogP contribution in [0.5, 0.6) is 0 Å². The fourth-order valence-electron chi connectivity index (χ4n) is 2.23. The van der Waals surface area contributed by atoms with Gasteiger partial charge in [0.1, 0.15) is 0 Å². The van der Waals surface area contributed by atoms with Gasteiger partial charge in [0.2, 0.25) is 11.8 Å². The molecule has 2 fully saturated rings. The largest absolute Gasteiger partial charge is 0.328 e. The highest BCUT2D eigenvalue weighted by Gasteiger charge is 2.37. The molecule has 4 heteroatoms. The summed E-state index contributed by atoms with van der Waals surface area (Å²) in [7, 11) is 0. The van der Waals surface area contributed by atoms with Crippen LogP contribution in [0, 0.1) is 0 Å². The number of imide groups is 1. The molecule has 2 atom stereocenters. The van der Waals surface area contributed by atoms with Crippen molar-refractivity contribution in [2.24, 2.45) is 5.73 Å². The van der Waals surface area contributed by atoms with Crippen molar-refractivity contribution < 1.29 is 9.59 Å². The Labute approximate surface area is 77.1 Å². The van der Waals surface area contributed by atoms with Crippen LogP contribution in [0.1, 0.15) is 32.1 Å². The van der Waals surface area contributed by atoms with Crippen molar-refractivity contribution in [3.63, 3.8) is 0 Å². The minimum Gasteiger partial charge on any atom is -0.328 e. The normalized spacial score (nSPS) is 34.7. The van der Waals surface area contributed by atoms with Gasteiger partial charge in [0.05, 0.1) is 0 Å². The van der Waals surface area contributed by atoms with Gasteiger partial charge in [-0.3, -0.25) is 14.5 Å². The van der Waals surface area contributed by atoms with Gasteiger partial charge >= 0.3 is 0 Å². The van der Waals surface area contributed by atoms with Crippen LogP contribution in [0.25, 0.3) is 0 Å². The quantitative estimate of drug-likeness (QED) is 0.581. The minimum absolute atomic E-state index is 0.0101. The molecule has 4 nitrogen and oxygen atoms in total. The highest BCUT2D eigenvalue weighted by atomic mass is 16.2. The van der Waals surface area contributed by atoms with Crippen LogP contribution in [-0.4, -0.2) is 28.8 Å². The maximum atomic E-state index is 11.3. The van der Waals surface area contributed by atoms with Gasteiger partial charge in [-0.2, -0.15) is 0 Å². The summed E-state index contributed by atoms with van der Waals surface area (Å²) < 4.78 is 0. The zero-order valence-corrected chi connectivity index (χ0v) is 7.53. The third kappa shape index (κ3) is 1.46. The topological polar surface area (TPSA) is 63.4 Å². The monoisotopic (exact) mass is 182 g/mol. The van der Waals surface area contributed by atoms with Crippen molar-refractivity contribution in [2.45, 2.75) is 44.2 Å². The molecular formula is C9H14N2O2. The summed E-state index contributed by atoms with van der Waals surface area (Å²) in [5.41, 5.74) is 5.73. The molecule has 1 saturated heterocycles. The molecule has 0 bridgehead atoms. The summed E-state index contributed by atoms with van der Waals surface area (Å²) in [6, 6.07) is 0.267. The van der Waals surface area contributed by atoms with Gasteiger partial charge < -0.3 is 5.73 Å². The number of nitrogens with zero attached hydrogens (tertiary/aromatic N) is 1. The second-order valence-corrected chi connectivity index (χ2v) is 3.88. The molecule has 0 aromatic carbocycles. The first-order chi connectivity index (χ1) is 6.18. The summed E-state index contributed by atoms with van der Waals surface area (Å²) >= 11 is 0. The Hall–Kier alpha value is -0.900. The molecule has 2 rings (SSSR count). The van der Waals surface area contributed by atoms with Crippen LogP contribution in [-0.2, 0) is 9.59 Å². The zero-order chi connectivity index (χ0) is 9.42. The molecule has 1 aliphatic heterocycles. The molecule has 2 N–H and O–H groups in total. The molecule has 0 spiro atoms. The summed E-state index contributed by atoms with van der Waals surface area (Å²) in [5, 5.41) is 0. The Morgan fingerprint density at radius 2 is 1.77 bits per heavy atom. The summed E-state index contributed by atoms with van der Waals surface area (Å²) in [6.07, 6.45) is 3.40. The molecule has 13 heavy (non-hydrogen) atoms. The van der Waals surface area contributed by atoms with E-state index < -0.39 is 0 Å². The Morgan fingerprint density at radius 3 is 2.23 bits per heavy atom. The summed E-state index contributed by atoms with van der Waals surface area (Å²) in [4.78, 5) is 24.1. The van der Waals surface area contributed by atoms with Gasteiger partial charge in [-0.25, -0.2) is 0 Å². The average molecular weight is 182 g/mol. The van der Waals surface area contributed by atoms with E-state index in [1.165, 1.54) is 4.90 Å². The van der Waals surface area contributed by atoms with E-state index in [0.717, 1.165) is 19.3 Å². The van der Waals surface area contributed by atoms with Gasteiger partial charge in [0.15, 0.2) is 0 Å². The number of hydrogen-bond acceptors (Lipinski definition) is 3. The Balaban J connectivity index is 2.07. The summed E-state index contributed by atoms with van der Waals surface area (Å²) in [6.45, 7) is 0. The maximum Gasteiger partial charge on any atom is 0.229 e. The lowest BCUT2D eigenvalue weighted by atomic mass is 10.2. The van der Waals surface area contributed by atoms with Gasteiger partial charge in [-0.15, -0.1) is 0 Å².